The summed E-state index contributed by atoms with van der Waals surface area (Å²) in [5.41, 5.74) is -0.233. The summed E-state index contributed by atoms with van der Waals surface area (Å²) in [7, 11) is 1.49. The van der Waals surface area contributed by atoms with Crippen molar-refractivity contribution in [2.45, 2.75) is 89.4 Å². The number of amides is 5. The molecule has 3 aliphatic rings. The third kappa shape index (κ3) is 6.76. The molecular weight excluding hydrogens is 552 g/mol. The van der Waals surface area contributed by atoms with Crippen molar-refractivity contribution in [3.63, 3.8) is 0 Å². The van der Waals surface area contributed by atoms with Crippen molar-refractivity contribution in [3.05, 3.63) is 29.8 Å². The lowest BCUT2D eigenvalue weighted by Gasteiger charge is -2.33. The van der Waals surface area contributed by atoms with Crippen molar-refractivity contribution in [1.82, 2.24) is 20.0 Å². The number of nitriles is 1. The summed E-state index contributed by atoms with van der Waals surface area (Å²) in [5, 5.41) is 15.7. The maximum absolute atomic E-state index is 14.0. The number of hydrogen-bond donors (Lipinski definition) is 2. The highest BCUT2D eigenvalue weighted by Crippen LogP contribution is 2.46. The summed E-state index contributed by atoms with van der Waals surface area (Å²) in [6.45, 7) is 9.94. The van der Waals surface area contributed by atoms with Crippen LogP contribution in [0.1, 0.15) is 65.9 Å². The molecule has 232 valence electrons. The zero-order chi connectivity index (χ0) is 31.7. The van der Waals surface area contributed by atoms with E-state index in [9.17, 15) is 29.2 Å². The van der Waals surface area contributed by atoms with Crippen LogP contribution >= 0.6 is 0 Å². The Bertz CT molecular complexity index is 1330. The molecule has 0 unspecified atom stereocenters. The van der Waals surface area contributed by atoms with E-state index in [2.05, 4.69) is 16.7 Å². The van der Waals surface area contributed by atoms with E-state index < -0.39 is 53.3 Å². The highest BCUT2D eigenvalue weighted by molar-refractivity contribution is 6.07. The van der Waals surface area contributed by atoms with Gasteiger partial charge in [-0.15, -0.1) is 0 Å². The molecule has 5 amide bonds. The average Bonchev–Trinajstić information content (AvgIpc) is 3.62. The number of benzene rings is 1. The molecule has 1 aromatic rings. The Balaban J connectivity index is 1.42. The Morgan fingerprint density at radius 1 is 1.23 bits per heavy atom. The zero-order valence-corrected chi connectivity index (χ0v) is 25.8. The fourth-order valence-corrected chi connectivity index (χ4v) is 6.13. The molecule has 4 atom stereocenters. The molecular formula is C31H42N6O6. The number of carbonyl (C=O) groups is 5. The van der Waals surface area contributed by atoms with Gasteiger partial charge in [-0.3, -0.25) is 19.2 Å². The van der Waals surface area contributed by atoms with E-state index in [0.717, 1.165) is 5.56 Å². The SMILES string of the molecule is CC(C)C[C@@H](C(=O)N1C[C@]2(C[C@H]1C#N)C(=O)Nc1ccccc12)N(C)C(=O)CC(=O)N[C@H]1CCN(C(=O)OC(C)(C)C)C1. The molecule has 12 nitrogen and oxygen atoms in total. The number of likely N-dealkylation sites (tertiary alicyclic amines) is 2. The van der Waals surface area contributed by atoms with Gasteiger partial charge >= 0.3 is 6.09 Å². The first-order valence-electron chi connectivity index (χ1n) is 14.8. The van der Waals surface area contributed by atoms with Gasteiger partial charge in [0, 0.05) is 44.8 Å². The molecule has 2 saturated heterocycles. The molecule has 2 N–H and O–H groups in total. The van der Waals surface area contributed by atoms with Crippen molar-refractivity contribution in [2.24, 2.45) is 5.92 Å². The van der Waals surface area contributed by atoms with Crippen LogP contribution in [0.3, 0.4) is 0 Å². The lowest BCUT2D eigenvalue weighted by Crippen LogP contribution is -2.52. The second kappa shape index (κ2) is 12.2. The minimum absolute atomic E-state index is 0.0276. The maximum Gasteiger partial charge on any atom is 0.410 e. The number of anilines is 1. The maximum atomic E-state index is 14.0. The van der Waals surface area contributed by atoms with Gasteiger partial charge in [0.2, 0.25) is 23.6 Å². The molecule has 12 heteroatoms. The molecule has 1 aromatic carbocycles. The predicted molar refractivity (Wildman–Crippen MR) is 157 cm³/mol. The molecule has 3 aliphatic heterocycles. The van der Waals surface area contributed by atoms with Gasteiger partial charge in [0.05, 0.1) is 11.5 Å². The Hall–Kier alpha value is -4.14. The lowest BCUT2D eigenvalue weighted by molar-refractivity contribution is -0.147. The monoisotopic (exact) mass is 594 g/mol. The van der Waals surface area contributed by atoms with Gasteiger partial charge in [0.25, 0.3) is 0 Å². The van der Waals surface area contributed by atoms with Crippen LogP contribution in [0.4, 0.5) is 10.5 Å². The number of para-hydroxylation sites is 1. The number of nitrogens with one attached hydrogen (secondary N) is 2. The largest absolute Gasteiger partial charge is 0.444 e. The van der Waals surface area contributed by atoms with E-state index in [1.807, 2.05) is 32.0 Å². The third-order valence-corrected chi connectivity index (χ3v) is 8.27. The minimum atomic E-state index is -1.04. The van der Waals surface area contributed by atoms with E-state index in [1.54, 1.807) is 26.8 Å². The predicted octanol–water partition coefficient (Wildman–Crippen LogP) is 2.39. The first-order chi connectivity index (χ1) is 20.1. The summed E-state index contributed by atoms with van der Waals surface area (Å²) in [4.78, 5) is 69.9. The van der Waals surface area contributed by atoms with Crippen LogP contribution in [0, 0.1) is 17.2 Å². The average molecular weight is 595 g/mol. The first kappa shape index (κ1) is 31.8. The molecule has 1 spiro atoms. The highest BCUT2D eigenvalue weighted by Gasteiger charge is 2.56. The van der Waals surface area contributed by atoms with Crippen LogP contribution in [0.2, 0.25) is 0 Å². The summed E-state index contributed by atoms with van der Waals surface area (Å²) in [6.07, 6.45) is 0.0947. The first-order valence-corrected chi connectivity index (χ1v) is 14.8. The van der Waals surface area contributed by atoms with Gasteiger partial charge < -0.3 is 30.1 Å². The molecule has 4 rings (SSSR count). The van der Waals surface area contributed by atoms with Crippen molar-refractivity contribution in [1.29, 1.82) is 5.26 Å². The zero-order valence-electron chi connectivity index (χ0n) is 25.8. The molecule has 43 heavy (non-hydrogen) atoms. The number of rotatable bonds is 7. The Labute approximate surface area is 252 Å². The van der Waals surface area contributed by atoms with Crippen LogP contribution in [-0.4, -0.2) is 94.8 Å². The second-order valence-electron chi connectivity index (χ2n) is 13.2. The number of ether oxygens (including phenoxy) is 1. The number of nitrogens with zero attached hydrogens (tertiary/aromatic N) is 4. The van der Waals surface area contributed by atoms with Crippen molar-refractivity contribution in [2.75, 3.05) is 32.0 Å². The third-order valence-electron chi connectivity index (χ3n) is 8.27. The standard InChI is InChI=1S/C31H42N6O6/c1-19(2)13-24(27(40)37-18-31(15-21(37)16-32)22-9-7-8-10-23(22)34-28(31)41)35(6)26(39)14-25(38)33-20-11-12-36(17-20)29(42)43-30(3,4)5/h7-10,19-21,24H,11-15,17-18H2,1-6H3,(H,33,38)(H,34,41)/t20-,21-,24-,31-/m0/s1. The van der Waals surface area contributed by atoms with Gasteiger partial charge in [0.1, 0.15) is 24.1 Å². The number of hydrogen-bond acceptors (Lipinski definition) is 7. The van der Waals surface area contributed by atoms with Crippen molar-refractivity contribution >= 4 is 35.4 Å². The molecule has 3 heterocycles. The van der Waals surface area contributed by atoms with E-state index in [0.29, 0.717) is 25.1 Å². The van der Waals surface area contributed by atoms with E-state index >= 15 is 0 Å². The summed E-state index contributed by atoms with van der Waals surface area (Å²) in [6, 6.07) is 7.39. The van der Waals surface area contributed by atoms with Crippen LogP contribution in [0.15, 0.2) is 24.3 Å². The van der Waals surface area contributed by atoms with Crippen LogP contribution in [-0.2, 0) is 29.3 Å². The van der Waals surface area contributed by atoms with E-state index in [1.165, 1.54) is 21.7 Å². The van der Waals surface area contributed by atoms with Gasteiger partial charge in [0.15, 0.2) is 0 Å². The van der Waals surface area contributed by atoms with Crippen molar-refractivity contribution in [3.8, 4) is 6.07 Å². The molecule has 2 fully saturated rings. The fourth-order valence-electron chi connectivity index (χ4n) is 6.13. The highest BCUT2D eigenvalue weighted by atomic mass is 16.6. The van der Waals surface area contributed by atoms with Crippen molar-refractivity contribution < 1.29 is 28.7 Å². The fraction of sp³-hybridized carbons (Fsp3) is 0.613. The van der Waals surface area contributed by atoms with Gasteiger partial charge in [-0.2, -0.15) is 5.26 Å². The molecule has 0 radical (unpaired) electrons. The summed E-state index contributed by atoms with van der Waals surface area (Å²) < 4.78 is 5.40. The molecule has 0 bridgehead atoms. The topological polar surface area (TPSA) is 152 Å². The molecule has 0 aromatic heterocycles. The number of fused-ring (bicyclic) bond motifs is 2. The molecule has 0 saturated carbocycles. The van der Waals surface area contributed by atoms with Gasteiger partial charge in [-0.25, -0.2) is 4.79 Å². The van der Waals surface area contributed by atoms with Crippen LogP contribution < -0.4 is 10.6 Å². The molecule has 0 aliphatic carbocycles. The quantitative estimate of drug-likeness (QED) is 0.460. The summed E-state index contributed by atoms with van der Waals surface area (Å²) in [5.74, 6) is -1.68. The Kier molecular flexibility index (Phi) is 9.04. The van der Waals surface area contributed by atoms with Crippen LogP contribution in [0.5, 0.6) is 0 Å². The van der Waals surface area contributed by atoms with Gasteiger partial charge in [-0.05, 0) is 51.2 Å². The van der Waals surface area contributed by atoms with E-state index in [-0.39, 0.29) is 37.4 Å². The van der Waals surface area contributed by atoms with E-state index in [4.69, 9.17) is 4.74 Å². The normalized spacial score (nSPS) is 23.5. The van der Waals surface area contributed by atoms with Gasteiger partial charge in [-0.1, -0.05) is 32.0 Å². The smallest absolute Gasteiger partial charge is 0.410 e. The number of carbonyl (C=O) groups excluding carboxylic acids is 5. The summed E-state index contributed by atoms with van der Waals surface area (Å²) >= 11 is 0. The van der Waals surface area contributed by atoms with Crippen LogP contribution in [0.25, 0.3) is 0 Å². The number of likely N-dealkylation sites (N-methyl/N-ethyl adjacent to an activating group) is 1. The Morgan fingerprint density at radius 3 is 2.58 bits per heavy atom. The minimum Gasteiger partial charge on any atom is -0.444 e. The Morgan fingerprint density at radius 2 is 1.93 bits per heavy atom. The second-order valence-corrected chi connectivity index (χ2v) is 13.2. The lowest BCUT2D eigenvalue weighted by atomic mass is 9.80.